The van der Waals surface area contributed by atoms with Crippen LogP contribution in [0.3, 0.4) is 0 Å². The first-order valence-corrected chi connectivity index (χ1v) is 15.4. The summed E-state index contributed by atoms with van der Waals surface area (Å²) >= 11 is 6.23. The highest BCUT2D eigenvalue weighted by Crippen LogP contribution is 2.27. The molecule has 0 aliphatic heterocycles. The van der Waals surface area contributed by atoms with Crippen molar-refractivity contribution >= 4 is 39.1 Å². The first-order chi connectivity index (χ1) is 19.0. The van der Waals surface area contributed by atoms with Crippen LogP contribution in [0.1, 0.15) is 49.3 Å². The van der Waals surface area contributed by atoms with Gasteiger partial charge < -0.3 is 10.2 Å². The minimum atomic E-state index is -4.13. The van der Waals surface area contributed by atoms with Crippen molar-refractivity contribution in [1.29, 1.82) is 0 Å². The van der Waals surface area contributed by atoms with E-state index in [-0.39, 0.29) is 29.1 Å². The molecule has 212 valence electrons. The zero-order chi connectivity index (χ0) is 28.9. The molecule has 1 aliphatic carbocycles. The fourth-order valence-electron chi connectivity index (χ4n) is 4.98. The number of benzene rings is 3. The van der Waals surface area contributed by atoms with Gasteiger partial charge in [-0.3, -0.25) is 13.9 Å². The number of carbonyl (C=O) groups is 2. The van der Waals surface area contributed by atoms with Crippen molar-refractivity contribution in [3.63, 3.8) is 0 Å². The highest BCUT2D eigenvalue weighted by Gasteiger charge is 2.33. The van der Waals surface area contributed by atoms with E-state index in [1.165, 1.54) is 23.1 Å². The number of rotatable bonds is 10. The molecular formula is C31H36ClN3O4S. The van der Waals surface area contributed by atoms with Crippen LogP contribution in [0, 0.1) is 13.8 Å². The van der Waals surface area contributed by atoms with Crippen LogP contribution in [0.25, 0.3) is 0 Å². The van der Waals surface area contributed by atoms with Gasteiger partial charge in [0.05, 0.1) is 10.6 Å². The second-order valence-electron chi connectivity index (χ2n) is 10.5. The van der Waals surface area contributed by atoms with Crippen molar-refractivity contribution in [1.82, 2.24) is 10.2 Å². The van der Waals surface area contributed by atoms with E-state index in [0.29, 0.717) is 5.02 Å². The van der Waals surface area contributed by atoms with E-state index >= 15 is 0 Å². The Morgan fingerprint density at radius 2 is 1.62 bits per heavy atom. The van der Waals surface area contributed by atoms with Crippen LogP contribution in [-0.4, -0.2) is 43.8 Å². The number of anilines is 1. The smallest absolute Gasteiger partial charge is 0.264 e. The molecule has 3 aromatic carbocycles. The van der Waals surface area contributed by atoms with Gasteiger partial charge in [-0.05, 0) is 69.5 Å². The maximum absolute atomic E-state index is 14.0. The van der Waals surface area contributed by atoms with Crippen LogP contribution in [0.2, 0.25) is 5.02 Å². The standard InChI is InChI=1S/C31H36ClN3O4S/c1-22-14-16-29(17-15-22)40(38,39)35(28-13-7-10-26(32)19-28)21-30(36)34(20-25-9-6-8-23(2)18-25)24(3)31(37)33-27-11-4-5-12-27/h6-10,13-19,24,27H,4-5,11-12,20-21H2,1-3H3,(H,33,37). The Kier molecular flexibility index (Phi) is 9.53. The van der Waals surface area contributed by atoms with Gasteiger partial charge in [0.2, 0.25) is 11.8 Å². The third kappa shape index (κ3) is 7.23. The number of sulfonamides is 1. The van der Waals surface area contributed by atoms with Gasteiger partial charge in [0.25, 0.3) is 10.0 Å². The molecule has 40 heavy (non-hydrogen) atoms. The molecule has 9 heteroatoms. The Labute approximate surface area is 242 Å². The lowest BCUT2D eigenvalue weighted by molar-refractivity contribution is -0.139. The van der Waals surface area contributed by atoms with Gasteiger partial charge in [0.15, 0.2) is 0 Å². The number of amides is 2. The monoisotopic (exact) mass is 581 g/mol. The molecule has 1 N–H and O–H groups in total. The molecule has 1 saturated carbocycles. The van der Waals surface area contributed by atoms with Gasteiger partial charge in [-0.25, -0.2) is 8.42 Å². The molecular weight excluding hydrogens is 546 g/mol. The normalized spacial score (nSPS) is 14.5. The number of carbonyl (C=O) groups excluding carboxylic acids is 2. The Morgan fingerprint density at radius 1 is 0.950 bits per heavy atom. The second kappa shape index (κ2) is 12.9. The number of halogens is 1. The average Bonchev–Trinajstić information content (AvgIpc) is 3.43. The minimum Gasteiger partial charge on any atom is -0.352 e. The molecule has 1 unspecified atom stereocenters. The van der Waals surface area contributed by atoms with Crippen molar-refractivity contribution in [2.24, 2.45) is 0 Å². The van der Waals surface area contributed by atoms with E-state index in [0.717, 1.165) is 46.7 Å². The maximum atomic E-state index is 14.0. The summed E-state index contributed by atoms with van der Waals surface area (Å²) in [7, 11) is -4.13. The van der Waals surface area contributed by atoms with Crippen LogP contribution in [0.15, 0.2) is 77.7 Å². The SMILES string of the molecule is Cc1ccc(S(=O)(=O)N(CC(=O)N(Cc2cccc(C)c2)C(C)C(=O)NC2CCCC2)c2cccc(Cl)c2)cc1. The zero-order valence-electron chi connectivity index (χ0n) is 23.1. The number of hydrogen-bond donors (Lipinski definition) is 1. The number of nitrogens with one attached hydrogen (secondary N) is 1. The van der Waals surface area contributed by atoms with E-state index in [1.807, 2.05) is 38.1 Å². The topological polar surface area (TPSA) is 86.8 Å². The Morgan fingerprint density at radius 3 is 2.27 bits per heavy atom. The molecule has 0 radical (unpaired) electrons. The van der Waals surface area contributed by atoms with Crippen molar-refractivity contribution in [2.45, 2.75) is 70.0 Å². The van der Waals surface area contributed by atoms with Gasteiger partial charge in [-0.15, -0.1) is 0 Å². The summed E-state index contributed by atoms with van der Waals surface area (Å²) in [6, 6.07) is 19.9. The summed E-state index contributed by atoms with van der Waals surface area (Å²) in [5.41, 5.74) is 3.05. The highest BCUT2D eigenvalue weighted by atomic mass is 35.5. The summed E-state index contributed by atoms with van der Waals surface area (Å²) in [5, 5.41) is 3.43. The number of hydrogen-bond acceptors (Lipinski definition) is 4. The third-order valence-corrected chi connectivity index (χ3v) is 9.31. The summed E-state index contributed by atoms with van der Waals surface area (Å²) in [6.45, 7) is 5.18. The molecule has 1 aliphatic rings. The predicted octanol–water partition coefficient (Wildman–Crippen LogP) is 5.63. The van der Waals surface area contributed by atoms with Gasteiger partial charge in [0, 0.05) is 17.6 Å². The van der Waals surface area contributed by atoms with Crippen LogP contribution >= 0.6 is 11.6 Å². The molecule has 0 spiro atoms. The number of nitrogens with zero attached hydrogens (tertiary/aromatic N) is 2. The molecule has 0 heterocycles. The summed E-state index contributed by atoms with van der Waals surface area (Å²) in [5.74, 6) is -0.741. The van der Waals surface area contributed by atoms with Gasteiger partial charge in [-0.1, -0.05) is 78.0 Å². The maximum Gasteiger partial charge on any atom is 0.264 e. The second-order valence-corrected chi connectivity index (χ2v) is 12.8. The van der Waals surface area contributed by atoms with Crippen molar-refractivity contribution in [3.05, 3.63) is 94.5 Å². The van der Waals surface area contributed by atoms with E-state index in [2.05, 4.69) is 5.32 Å². The van der Waals surface area contributed by atoms with E-state index in [9.17, 15) is 18.0 Å². The Bertz CT molecular complexity index is 1450. The van der Waals surface area contributed by atoms with Crippen LogP contribution < -0.4 is 9.62 Å². The molecule has 2 amide bonds. The molecule has 1 atom stereocenters. The average molecular weight is 582 g/mol. The largest absolute Gasteiger partial charge is 0.352 e. The van der Waals surface area contributed by atoms with Crippen molar-refractivity contribution in [3.8, 4) is 0 Å². The van der Waals surface area contributed by atoms with E-state index < -0.39 is 28.5 Å². The first-order valence-electron chi connectivity index (χ1n) is 13.5. The Hall–Kier alpha value is -3.36. The lowest BCUT2D eigenvalue weighted by atomic mass is 10.1. The van der Waals surface area contributed by atoms with Crippen LogP contribution in [0.5, 0.6) is 0 Å². The lowest BCUT2D eigenvalue weighted by Crippen LogP contribution is -2.52. The van der Waals surface area contributed by atoms with Gasteiger partial charge in [0.1, 0.15) is 12.6 Å². The van der Waals surface area contributed by atoms with Crippen LogP contribution in [0.4, 0.5) is 5.69 Å². The quantitative estimate of drug-likeness (QED) is 0.336. The summed E-state index contributed by atoms with van der Waals surface area (Å²) in [6.07, 6.45) is 3.97. The minimum absolute atomic E-state index is 0.0585. The zero-order valence-corrected chi connectivity index (χ0v) is 24.7. The van der Waals surface area contributed by atoms with E-state index in [4.69, 9.17) is 11.6 Å². The molecule has 0 saturated heterocycles. The first kappa shape index (κ1) is 29.6. The van der Waals surface area contributed by atoms with Crippen molar-refractivity contribution in [2.75, 3.05) is 10.8 Å². The molecule has 4 rings (SSSR count). The molecule has 0 bridgehead atoms. The van der Waals surface area contributed by atoms with Gasteiger partial charge >= 0.3 is 0 Å². The fourth-order valence-corrected chi connectivity index (χ4v) is 6.57. The molecule has 0 aromatic heterocycles. The Balaban J connectivity index is 1.69. The third-order valence-electron chi connectivity index (χ3n) is 7.29. The number of aryl methyl sites for hydroxylation is 2. The van der Waals surface area contributed by atoms with Crippen molar-refractivity contribution < 1.29 is 18.0 Å². The highest BCUT2D eigenvalue weighted by molar-refractivity contribution is 7.92. The summed E-state index contributed by atoms with van der Waals surface area (Å²) < 4.78 is 28.8. The van der Waals surface area contributed by atoms with E-state index in [1.54, 1.807) is 37.3 Å². The van der Waals surface area contributed by atoms with Crippen LogP contribution in [-0.2, 0) is 26.2 Å². The lowest BCUT2D eigenvalue weighted by Gasteiger charge is -2.32. The molecule has 1 fully saturated rings. The predicted molar refractivity (Wildman–Crippen MR) is 159 cm³/mol. The fraction of sp³-hybridized carbons (Fsp3) is 0.355. The molecule has 3 aromatic rings. The van der Waals surface area contributed by atoms with Gasteiger partial charge in [-0.2, -0.15) is 0 Å². The summed E-state index contributed by atoms with van der Waals surface area (Å²) in [4.78, 5) is 28.8. The molecule has 7 nitrogen and oxygen atoms in total.